The van der Waals surface area contributed by atoms with E-state index in [1.807, 2.05) is 39.8 Å². The fourth-order valence-corrected chi connectivity index (χ4v) is 3.26. The molecule has 0 amide bonds. The summed E-state index contributed by atoms with van der Waals surface area (Å²) in [6.45, 7) is 7.66. The van der Waals surface area contributed by atoms with Gasteiger partial charge >= 0.3 is 0 Å². The molecule has 0 aliphatic carbocycles. The van der Waals surface area contributed by atoms with Crippen molar-refractivity contribution < 1.29 is 8.42 Å². The molecule has 0 aliphatic rings. The van der Waals surface area contributed by atoms with Gasteiger partial charge in [-0.3, -0.25) is 4.40 Å². The Kier molecular flexibility index (Phi) is 2.94. The maximum atomic E-state index is 11.8. The summed E-state index contributed by atoms with van der Waals surface area (Å²) >= 11 is 0. The topological polar surface area (TPSA) is 51.4 Å². The van der Waals surface area contributed by atoms with Crippen LogP contribution in [-0.4, -0.2) is 17.8 Å². The number of hydrogen-bond donors (Lipinski definition) is 0. The first-order valence-electron chi connectivity index (χ1n) is 5.54. The SMILES string of the molecule is Cc1ccn2c(S(=O)(=O)Cl)c(C(C)(C)C)nc2c1. The molecule has 0 fully saturated rings. The van der Waals surface area contributed by atoms with Crippen molar-refractivity contribution in [3.05, 3.63) is 29.6 Å². The largest absolute Gasteiger partial charge is 0.289 e. The minimum Gasteiger partial charge on any atom is -0.289 e. The molecular formula is C12H15ClN2O2S. The summed E-state index contributed by atoms with van der Waals surface area (Å²) in [5.41, 5.74) is 1.71. The Balaban J connectivity index is 2.95. The third-order valence-electron chi connectivity index (χ3n) is 2.68. The smallest absolute Gasteiger partial charge is 0.279 e. The molecule has 4 nitrogen and oxygen atoms in total. The number of aryl methyl sites for hydroxylation is 1. The molecule has 0 N–H and O–H groups in total. The highest BCUT2D eigenvalue weighted by Gasteiger charge is 2.30. The third kappa shape index (κ3) is 2.24. The van der Waals surface area contributed by atoms with Gasteiger partial charge in [-0.1, -0.05) is 20.8 Å². The summed E-state index contributed by atoms with van der Waals surface area (Å²) in [5.74, 6) is 0. The summed E-state index contributed by atoms with van der Waals surface area (Å²) in [5, 5.41) is 0.0617. The molecule has 6 heteroatoms. The fraction of sp³-hybridized carbons (Fsp3) is 0.417. The third-order valence-corrected chi connectivity index (χ3v) is 3.97. The van der Waals surface area contributed by atoms with Crippen molar-refractivity contribution in [2.75, 3.05) is 0 Å². The average Bonchev–Trinajstić information content (AvgIpc) is 2.54. The van der Waals surface area contributed by atoms with E-state index >= 15 is 0 Å². The van der Waals surface area contributed by atoms with Gasteiger partial charge in [0.25, 0.3) is 9.05 Å². The highest BCUT2D eigenvalue weighted by atomic mass is 35.7. The maximum absolute atomic E-state index is 11.8. The molecule has 0 saturated carbocycles. The van der Waals surface area contributed by atoms with Gasteiger partial charge in [-0.25, -0.2) is 13.4 Å². The van der Waals surface area contributed by atoms with Gasteiger partial charge in [-0.15, -0.1) is 0 Å². The molecule has 2 aromatic heterocycles. The Morgan fingerprint density at radius 1 is 1.33 bits per heavy atom. The second-order valence-electron chi connectivity index (χ2n) is 5.39. The van der Waals surface area contributed by atoms with Gasteiger partial charge in [0.2, 0.25) is 0 Å². The highest BCUT2D eigenvalue weighted by molar-refractivity contribution is 8.13. The lowest BCUT2D eigenvalue weighted by Crippen LogP contribution is -2.16. The van der Waals surface area contributed by atoms with Crippen molar-refractivity contribution >= 4 is 25.4 Å². The minimum absolute atomic E-state index is 0.0617. The molecule has 0 aliphatic heterocycles. The molecule has 0 atom stereocenters. The predicted molar refractivity (Wildman–Crippen MR) is 71.7 cm³/mol. The van der Waals surface area contributed by atoms with Crippen LogP contribution in [0.4, 0.5) is 0 Å². The normalized spacial score (nSPS) is 13.2. The zero-order chi connectivity index (χ0) is 13.7. The van der Waals surface area contributed by atoms with Crippen LogP contribution in [0.25, 0.3) is 5.65 Å². The number of imidazole rings is 1. The summed E-state index contributed by atoms with van der Waals surface area (Å²) in [4.78, 5) is 4.41. The zero-order valence-corrected chi connectivity index (χ0v) is 12.3. The van der Waals surface area contributed by atoms with Gasteiger partial charge in [0.05, 0.1) is 5.69 Å². The second kappa shape index (κ2) is 3.96. The molecule has 0 aromatic carbocycles. The molecular weight excluding hydrogens is 272 g/mol. The lowest BCUT2D eigenvalue weighted by atomic mass is 9.93. The first kappa shape index (κ1) is 13.4. The number of fused-ring (bicyclic) bond motifs is 1. The van der Waals surface area contributed by atoms with Gasteiger partial charge in [0, 0.05) is 22.3 Å². The van der Waals surface area contributed by atoms with Crippen molar-refractivity contribution in [2.45, 2.75) is 38.1 Å². The molecule has 0 saturated heterocycles. The van der Waals surface area contributed by atoms with Crippen LogP contribution in [0.1, 0.15) is 32.0 Å². The monoisotopic (exact) mass is 286 g/mol. The Bertz CT molecular complexity index is 711. The van der Waals surface area contributed by atoms with Crippen molar-refractivity contribution in [1.29, 1.82) is 0 Å². The van der Waals surface area contributed by atoms with Crippen molar-refractivity contribution in [3.8, 4) is 0 Å². The Labute approximate surface area is 111 Å². The molecule has 18 heavy (non-hydrogen) atoms. The molecule has 0 spiro atoms. The summed E-state index contributed by atoms with van der Waals surface area (Å²) in [6, 6.07) is 3.66. The van der Waals surface area contributed by atoms with Crippen LogP contribution in [0.3, 0.4) is 0 Å². The lowest BCUT2D eigenvalue weighted by molar-refractivity contribution is 0.547. The fourth-order valence-electron chi connectivity index (χ4n) is 1.85. The summed E-state index contributed by atoms with van der Waals surface area (Å²) in [6.07, 6.45) is 1.68. The van der Waals surface area contributed by atoms with Crippen LogP contribution in [0.5, 0.6) is 0 Å². The van der Waals surface area contributed by atoms with Crippen LogP contribution in [-0.2, 0) is 14.5 Å². The van der Waals surface area contributed by atoms with E-state index in [1.54, 1.807) is 6.20 Å². The van der Waals surface area contributed by atoms with Crippen LogP contribution in [0.2, 0.25) is 0 Å². The zero-order valence-electron chi connectivity index (χ0n) is 10.7. The highest BCUT2D eigenvalue weighted by Crippen LogP contribution is 2.31. The molecule has 98 valence electrons. The standard InChI is InChI=1S/C12H15ClN2O2S/c1-8-5-6-15-9(7-8)14-10(12(2,3)4)11(15)18(13,16)17/h5-7H,1-4H3. The summed E-state index contributed by atoms with van der Waals surface area (Å²) < 4.78 is 25.1. The average molecular weight is 287 g/mol. The first-order valence-corrected chi connectivity index (χ1v) is 7.85. The molecule has 2 rings (SSSR count). The molecule has 0 radical (unpaired) electrons. The van der Waals surface area contributed by atoms with E-state index in [9.17, 15) is 8.42 Å². The number of halogens is 1. The Morgan fingerprint density at radius 2 is 1.94 bits per heavy atom. The van der Waals surface area contributed by atoms with E-state index in [2.05, 4.69) is 4.98 Å². The Hall–Kier alpha value is -1.07. The number of hydrogen-bond acceptors (Lipinski definition) is 3. The van der Waals surface area contributed by atoms with Gasteiger partial charge < -0.3 is 0 Å². The van der Waals surface area contributed by atoms with Crippen molar-refractivity contribution in [2.24, 2.45) is 0 Å². The van der Waals surface area contributed by atoms with Crippen molar-refractivity contribution in [3.63, 3.8) is 0 Å². The molecule has 0 bridgehead atoms. The predicted octanol–water partition coefficient (Wildman–Crippen LogP) is 2.87. The van der Waals surface area contributed by atoms with E-state index in [-0.39, 0.29) is 5.03 Å². The van der Waals surface area contributed by atoms with Gasteiger partial charge in [-0.2, -0.15) is 0 Å². The van der Waals surface area contributed by atoms with Crippen LogP contribution < -0.4 is 0 Å². The van der Waals surface area contributed by atoms with Crippen LogP contribution in [0, 0.1) is 6.92 Å². The Morgan fingerprint density at radius 3 is 2.44 bits per heavy atom. The number of nitrogens with zero attached hydrogens (tertiary/aromatic N) is 2. The van der Waals surface area contributed by atoms with Crippen LogP contribution in [0.15, 0.2) is 23.4 Å². The van der Waals surface area contributed by atoms with Crippen LogP contribution >= 0.6 is 10.7 Å². The lowest BCUT2D eigenvalue weighted by Gasteiger charge is -2.16. The van der Waals surface area contributed by atoms with Crippen molar-refractivity contribution in [1.82, 2.24) is 9.38 Å². The van der Waals surface area contributed by atoms with Gasteiger partial charge in [-0.05, 0) is 24.6 Å². The van der Waals surface area contributed by atoms with Gasteiger partial charge in [0.1, 0.15) is 5.65 Å². The van der Waals surface area contributed by atoms with E-state index < -0.39 is 14.5 Å². The first-order chi connectivity index (χ1) is 8.10. The van der Waals surface area contributed by atoms with E-state index in [0.29, 0.717) is 11.3 Å². The molecule has 2 aromatic rings. The van der Waals surface area contributed by atoms with Gasteiger partial charge in [0.15, 0.2) is 5.03 Å². The number of rotatable bonds is 1. The summed E-state index contributed by atoms with van der Waals surface area (Å²) in [7, 11) is 1.70. The minimum atomic E-state index is -3.84. The van der Waals surface area contributed by atoms with E-state index in [4.69, 9.17) is 10.7 Å². The molecule has 0 unspecified atom stereocenters. The van der Waals surface area contributed by atoms with E-state index in [1.165, 1.54) is 4.40 Å². The molecule has 2 heterocycles. The quantitative estimate of drug-likeness (QED) is 0.758. The van der Waals surface area contributed by atoms with E-state index in [0.717, 1.165) is 5.56 Å². The number of pyridine rings is 1. The maximum Gasteiger partial charge on any atom is 0.279 e. The second-order valence-corrected chi connectivity index (χ2v) is 7.87. The number of aromatic nitrogens is 2.